The van der Waals surface area contributed by atoms with Crippen molar-refractivity contribution in [3.63, 3.8) is 0 Å². The summed E-state index contributed by atoms with van der Waals surface area (Å²) in [5.74, 6) is -0.392. The standard InChI is InChI=1S/C11H15FN2/c1-3-8(2)7-14-10-6-4-5-9(12)11(10)13/h4-6,14H,2-3,7,13H2,1H3. The fourth-order valence-corrected chi connectivity index (χ4v) is 1.04. The molecule has 0 bridgehead atoms. The fraction of sp³-hybridized carbons (Fsp3) is 0.273. The Hall–Kier alpha value is -1.51. The normalized spacial score (nSPS) is 9.86. The lowest BCUT2D eigenvalue weighted by molar-refractivity contribution is 0.633. The lowest BCUT2D eigenvalue weighted by Crippen LogP contribution is -2.06. The van der Waals surface area contributed by atoms with Crippen molar-refractivity contribution < 1.29 is 4.39 Å². The summed E-state index contributed by atoms with van der Waals surface area (Å²) in [6, 6.07) is 4.72. The summed E-state index contributed by atoms with van der Waals surface area (Å²) in [5, 5.41) is 3.04. The predicted octanol–water partition coefficient (Wildman–Crippen LogP) is 2.79. The van der Waals surface area contributed by atoms with Gasteiger partial charge in [0, 0.05) is 6.54 Å². The Morgan fingerprint density at radius 2 is 2.29 bits per heavy atom. The molecule has 0 fully saturated rings. The molecule has 1 aromatic carbocycles. The Labute approximate surface area is 83.6 Å². The van der Waals surface area contributed by atoms with E-state index in [1.165, 1.54) is 6.07 Å². The second-order valence-corrected chi connectivity index (χ2v) is 3.16. The molecule has 0 unspecified atom stereocenters. The second kappa shape index (κ2) is 4.65. The molecule has 3 N–H and O–H groups in total. The first-order valence-corrected chi connectivity index (χ1v) is 4.59. The topological polar surface area (TPSA) is 38.0 Å². The Balaban J connectivity index is 2.68. The monoisotopic (exact) mass is 194 g/mol. The molecule has 0 aliphatic carbocycles. The van der Waals surface area contributed by atoms with E-state index in [0.29, 0.717) is 12.2 Å². The molecule has 0 radical (unpaired) electrons. The first-order chi connectivity index (χ1) is 6.65. The van der Waals surface area contributed by atoms with E-state index in [1.54, 1.807) is 12.1 Å². The van der Waals surface area contributed by atoms with Crippen LogP contribution in [0.1, 0.15) is 13.3 Å². The molecule has 0 spiro atoms. The summed E-state index contributed by atoms with van der Waals surface area (Å²) in [6.45, 7) is 6.50. The highest BCUT2D eigenvalue weighted by molar-refractivity contribution is 5.66. The van der Waals surface area contributed by atoms with Crippen LogP contribution in [0.4, 0.5) is 15.8 Å². The van der Waals surface area contributed by atoms with Crippen LogP contribution in [-0.2, 0) is 0 Å². The van der Waals surface area contributed by atoms with Gasteiger partial charge in [0.1, 0.15) is 5.82 Å². The van der Waals surface area contributed by atoms with E-state index in [9.17, 15) is 4.39 Å². The molecule has 0 aliphatic heterocycles. The number of halogens is 1. The highest BCUT2D eigenvalue weighted by Gasteiger charge is 2.03. The van der Waals surface area contributed by atoms with Crippen molar-refractivity contribution >= 4 is 11.4 Å². The number of nitrogen functional groups attached to an aromatic ring is 1. The number of para-hydroxylation sites is 1. The molecule has 0 aliphatic rings. The van der Waals surface area contributed by atoms with Gasteiger partial charge in [0.2, 0.25) is 0 Å². The lowest BCUT2D eigenvalue weighted by atomic mass is 10.2. The maximum Gasteiger partial charge on any atom is 0.148 e. The molecule has 76 valence electrons. The van der Waals surface area contributed by atoms with Gasteiger partial charge in [-0.3, -0.25) is 0 Å². The molecule has 0 saturated carbocycles. The molecule has 0 saturated heterocycles. The molecule has 0 amide bonds. The average Bonchev–Trinajstić information content (AvgIpc) is 2.20. The van der Waals surface area contributed by atoms with Crippen LogP contribution in [0.3, 0.4) is 0 Å². The van der Waals surface area contributed by atoms with E-state index in [-0.39, 0.29) is 5.69 Å². The summed E-state index contributed by atoms with van der Waals surface area (Å²) >= 11 is 0. The van der Waals surface area contributed by atoms with E-state index < -0.39 is 5.82 Å². The maximum absolute atomic E-state index is 13.0. The summed E-state index contributed by atoms with van der Waals surface area (Å²) in [5.41, 5.74) is 7.39. The van der Waals surface area contributed by atoms with E-state index in [2.05, 4.69) is 11.9 Å². The second-order valence-electron chi connectivity index (χ2n) is 3.16. The van der Waals surface area contributed by atoms with Gasteiger partial charge < -0.3 is 11.1 Å². The van der Waals surface area contributed by atoms with Gasteiger partial charge >= 0.3 is 0 Å². The maximum atomic E-state index is 13.0. The van der Waals surface area contributed by atoms with Crippen LogP contribution in [0.5, 0.6) is 0 Å². The van der Waals surface area contributed by atoms with Crippen LogP contribution in [0.15, 0.2) is 30.4 Å². The number of nitrogens with two attached hydrogens (primary N) is 1. The van der Waals surface area contributed by atoms with Crippen molar-refractivity contribution in [1.29, 1.82) is 0 Å². The SMILES string of the molecule is C=C(CC)CNc1cccc(F)c1N. The first kappa shape index (κ1) is 10.6. The van der Waals surface area contributed by atoms with Gasteiger partial charge in [-0.25, -0.2) is 4.39 Å². The minimum Gasteiger partial charge on any atom is -0.395 e. The molecule has 2 nitrogen and oxygen atoms in total. The van der Waals surface area contributed by atoms with Crippen LogP contribution >= 0.6 is 0 Å². The predicted molar refractivity (Wildman–Crippen MR) is 58.7 cm³/mol. The molecular formula is C11H15FN2. The first-order valence-electron chi connectivity index (χ1n) is 4.59. The number of anilines is 2. The van der Waals surface area contributed by atoms with Gasteiger partial charge in [-0.2, -0.15) is 0 Å². The van der Waals surface area contributed by atoms with E-state index in [0.717, 1.165) is 12.0 Å². The Morgan fingerprint density at radius 3 is 2.93 bits per heavy atom. The molecule has 0 aromatic heterocycles. The third kappa shape index (κ3) is 2.49. The number of benzene rings is 1. The van der Waals surface area contributed by atoms with Gasteiger partial charge in [0.15, 0.2) is 0 Å². The van der Waals surface area contributed by atoms with Crippen molar-refractivity contribution in [2.45, 2.75) is 13.3 Å². The zero-order valence-corrected chi connectivity index (χ0v) is 8.31. The van der Waals surface area contributed by atoms with Gasteiger partial charge in [0.25, 0.3) is 0 Å². The summed E-state index contributed by atoms with van der Waals surface area (Å²) in [6.07, 6.45) is 0.905. The highest BCUT2D eigenvalue weighted by Crippen LogP contribution is 2.21. The highest BCUT2D eigenvalue weighted by atomic mass is 19.1. The van der Waals surface area contributed by atoms with Crippen LogP contribution in [0.2, 0.25) is 0 Å². The van der Waals surface area contributed by atoms with Crippen molar-refractivity contribution in [3.8, 4) is 0 Å². The summed E-state index contributed by atoms with van der Waals surface area (Å²) in [7, 11) is 0. The Morgan fingerprint density at radius 1 is 1.57 bits per heavy atom. The van der Waals surface area contributed by atoms with Crippen LogP contribution in [-0.4, -0.2) is 6.54 Å². The summed E-state index contributed by atoms with van der Waals surface area (Å²) < 4.78 is 13.0. The summed E-state index contributed by atoms with van der Waals surface area (Å²) in [4.78, 5) is 0. The fourth-order valence-electron chi connectivity index (χ4n) is 1.04. The molecule has 3 heteroatoms. The zero-order valence-electron chi connectivity index (χ0n) is 8.31. The van der Waals surface area contributed by atoms with Crippen molar-refractivity contribution in [2.75, 3.05) is 17.6 Å². The number of hydrogen-bond acceptors (Lipinski definition) is 2. The molecule has 14 heavy (non-hydrogen) atoms. The molecule has 1 rings (SSSR count). The third-order valence-electron chi connectivity index (χ3n) is 2.08. The van der Waals surface area contributed by atoms with Crippen molar-refractivity contribution in [1.82, 2.24) is 0 Å². The van der Waals surface area contributed by atoms with E-state index in [1.807, 2.05) is 6.92 Å². The van der Waals surface area contributed by atoms with Crippen molar-refractivity contribution in [2.24, 2.45) is 0 Å². The van der Waals surface area contributed by atoms with Gasteiger partial charge in [-0.1, -0.05) is 25.1 Å². The minimum absolute atomic E-state index is 0.163. The molecule has 0 heterocycles. The molecular weight excluding hydrogens is 179 g/mol. The lowest BCUT2D eigenvalue weighted by Gasteiger charge is -2.10. The molecule has 1 aromatic rings. The number of hydrogen-bond donors (Lipinski definition) is 2. The number of nitrogens with one attached hydrogen (secondary N) is 1. The average molecular weight is 194 g/mol. The zero-order chi connectivity index (χ0) is 10.6. The Bertz CT molecular complexity index is 334. The minimum atomic E-state index is -0.392. The van der Waals surface area contributed by atoms with Crippen LogP contribution in [0, 0.1) is 5.82 Å². The van der Waals surface area contributed by atoms with Crippen LogP contribution < -0.4 is 11.1 Å². The quantitative estimate of drug-likeness (QED) is 0.571. The largest absolute Gasteiger partial charge is 0.395 e. The third-order valence-corrected chi connectivity index (χ3v) is 2.08. The van der Waals surface area contributed by atoms with Gasteiger partial charge in [0.05, 0.1) is 11.4 Å². The van der Waals surface area contributed by atoms with E-state index >= 15 is 0 Å². The van der Waals surface area contributed by atoms with E-state index in [4.69, 9.17) is 5.73 Å². The van der Waals surface area contributed by atoms with Gasteiger partial charge in [-0.15, -0.1) is 0 Å². The molecule has 0 atom stereocenters. The van der Waals surface area contributed by atoms with Gasteiger partial charge in [-0.05, 0) is 18.6 Å². The van der Waals surface area contributed by atoms with Crippen LogP contribution in [0.25, 0.3) is 0 Å². The smallest absolute Gasteiger partial charge is 0.148 e. The Kier molecular flexibility index (Phi) is 3.51. The number of rotatable bonds is 4. The van der Waals surface area contributed by atoms with Crippen molar-refractivity contribution in [3.05, 3.63) is 36.2 Å².